The van der Waals surface area contributed by atoms with Gasteiger partial charge in [-0.05, 0) is 55.2 Å². The molecule has 0 saturated heterocycles. The Hall–Kier alpha value is -1.35. The summed E-state index contributed by atoms with van der Waals surface area (Å²) >= 11 is 6.37. The molecule has 1 aliphatic carbocycles. The highest BCUT2D eigenvalue weighted by atomic mass is 35.5. The summed E-state index contributed by atoms with van der Waals surface area (Å²) in [6.07, 6.45) is 7.13. The van der Waals surface area contributed by atoms with E-state index in [1.807, 2.05) is 26.0 Å². The second-order valence-corrected chi connectivity index (χ2v) is 7.88. The van der Waals surface area contributed by atoms with Gasteiger partial charge in [0, 0.05) is 17.9 Å². The number of benzene rings is 1. The molecule has 0 aliphatic heterocycles. The second-order valence-electron chi connectivity index (χ2n) is 7.48. The van der Waals surface area contributed by atoms with Crippen LogP contribution < -0.4 is 4.74 Å². The van der Waals surface area contributed by atoms with Crippen LogP contribution in [0.5, 0.6) is 5.75 Å². The van der Waals surface area contributed by atoms with Crippen LogP contribution in [0.4, 0.5) is 0 Å². The molecule has 1 aliphatic rings. The van der Waals surface area contributed by atoms with Crippen molar-refractivity contribution in [1.82, 2.24) is 0 Å². The van der Waals surface area contributed by atoms with Crippen molar-refractivity contribution in [2.24, 2.45) is 17.8 Å². The fourth-order valence-corrected chi connectivity index (χ4v) is 4.32. The summed E-state index contributed by atoms with van der Waals surface area (Å²) in [5.41, 5.74) is 1.18. The van der Waals surface area contributed by atoms with E-state index in [2.05, 4.69) is 6.07 Å². The van der Waals surface area contributed by atoms with Crippen molar-refractivity contribution in [3.8, 4) is 5.75 Å². The standard InChI is InChI=1S/C22H31ClO3/c1-4-21(24)19(22(25)5-2)13-16-8-6-15(7-9-16)12-17-10-11-18(26-3)14-20(17)23/h10-11,14-16,19H,4-9,12-13H2,1-3H3. The van der Waals surface area contributed by atoms with E-state index in [0.29, 0.717) is 24.7 Å². The van der Waals surface area contributed by atoms with E-state index >= 15 is 0 Å². The molecule has 3 nitrogen and oxygen atoms in total. The van der Waals surface area contributed by atoms with Gasteiger partial charge in [-0.3, -0.25) is 9.59 Å². The Morgan fingerprint density at radius 2 is 1.65 bits per heavy atom. The van der Waals surface area contributed by atoms with Crippen LogP contribution in [0.25, 0.3) is 0 Å². The minimum atomic E-state index is -0.373. The number of carbonyl (C=O) groups excluding carboxylic acids is 2. The van der Waals surface area contributed by atoms with Crippen LogP contribution >= 0.6 is 11.6 Å². The molecule has 0 spiro atoms. The molecule has 0 atom stereocenters. The predicted octanol–water partition coefficient (Wildman–Crippen LogP) is 5.66. The molecule has 1 aromatic rings. The summed E-state index contributed by atoms with van der Waals surface area (Å²) < 4.78 is 5.21. The molecule has 0 amide bonds. The maximum atomic E-state index is 12.1. The zero-order valence-corrected chi connectivity index (χ0v) is 17.0. The number of rotatable bonds is 9. The van der Waals surface area contributed by atoms with Gasteiger partial charge in [0.2, 0.25) is 0 Å². The van der Waals surface area contributed by atoms with Gasteiger partial charge in [-0.25, -0.2) is 0 Å². The van der Waals surface area contributed by atoms with Crippen LogP contribution in [-0.4, -0.2) is 18.7 Å². The lowest BCUT2D eigenvalue weighted by atomic mass is 9.74. The highest BCUT2D eigenvalue weighted by Gasteiger charge is 2.30. The van der Waals surface area contributed by atoms with Gasteiger partial charge in [0.15, 0.2) is 0 Å². The molecule has 2 rings (SSSR count). The first-order chi connectivity index (χ1) is 12.5. The largest absolute Gasteiger partial charge is 0.497 e. The SMILES string of the molecule is CCC(=O)C(CC1CCC(Cc2ccc(OC)cc2Cl)CC1)C(=O)CC. The Balaban J connectivity index is 1.88. The van der Waals surface area contributed by atoms with E-state index < -0.39 is 0 Å². The highest BCUT2D eigenvalue weighted by molar-refractivity contribution is 6.31. The van der Waals surface area contributed by atoms with Crippen molar-refractivity contribution in [3.05, 3.63) is 28.8 Å². The van der Waals surface area contributed by atoms with Crippen LogP contribution in [0.3, 0.4) is 0 Å². The van der Waals surface area contributed by atoms with Crippen molar-refractivity contribution in [2.75, 3.05) is 7.11 Å². The summed E-state index contributed by atoms with van der Waals surface area (Å²) in [4.78, 5) is 24.3. The molecule has 1 aromatic carbocycles. The van der Waals surface area contributed by atoms with Gasteiger partial charge >= 0.3 is 0 Å². The molecule has 4 heteroatoms. The van der Waals surface area contributed by atoms with Crippen LogP contribution in [0.1, 0.15) is 64.4 Å². The van der Waals surface area contributed by atoms with Gasteiger partial charge in [0.25, 0.3) is 0 Å². The predicted molar refractivity (Wildman–Crippen MR) is 106 cm³/mol. The molecule has 1 saturated carbocycles. The first-order valence-electron chi connectivity index (χ1n) is 9.86. The van der Waals surface area contributed by atoms with E-state index in [0.717, 1.165) is 49.3 Å². The minimum absolute atomic E-state index is 0.115. The summed E-state index contributed by atoms with van der Waals surface area (Å²) in [6, 6.07) is 5.90. The molecular weight excluding hydrogens is 348 g/mol. The third-order valence-electron chi connectivity index (χ3n) is 5.78. The second kappa shape index (κ2) is 10.1. The van der Waals surface area contributed by atoms with Crippen LogP contribution in [0, 0.1) is 17.8 Å². The number of halogens is 1. The molecule has 0 unspecified atom stereocenters. The van der Waals surface area contributed by atoms with E-state index in [4.69, 9.17) is 16.3 Å². The third-order valence-corrected chi connectivity index (χ3v) is 6.13. The Morgan fingerprint density at radius 3 is 2.15 bits per heavy atom. The van der Waals surface area contributed by atoms with Crippen LogP contribution in [0.2, 0.25) is 5.02 Å². The van der Waals surface area contributed by atoms with Crippen molar-refractivity contribution < 1.29 is 14.3 Å². The number of carbonyl (C=O) groups is 2. The van der Waals surface area contributed by atoms with Crippen molar-refractivity contribution >= 4 is 23.2 Å². The number of ketones is 2. The van der Waals surface area contributed by atoms with Gasteiger partial charge in [0.05, 0.1) is 13.0 Å². The maximum Gasteiger partial charge on any atom is 0.143 e. The monoisotopic (exact) mass is 378 g/mol. The van der Waals surface area contributed by atoms with Crippen molar-refractivity contribution in [2.45, 2.75) is 65.2 Å². The summed E-state index contributed by atoms with van der Waals surface area (Å²) in [5.74, 6) is 1.76. The number of methoxy groups -OCH3 is 1. The fourth-order valence-electron chi connectivity index (χ4n) is 4.07. The first kappa shape index (κ1) is 21.0. The van der Waals surface area contributed by atoms with Crippen LogP contribution in [-0.2, 0) is 16.0 Å². The van der Waals surface area contributed by atoms with Gasteiger partial charge in [-0.2, -0.15) is 0 Å². The van der Waals surface area contributed by atoms with Gasteiger partial charge in [-0.1, -0.05) is 44.4 Å². The molecule has 144 valence electrons. The molecular formula is C22H31ClO3. The molecule has 0 N–H and O–H groups in total. The molecule has 0 bridgehead atoms. The minimum Gasteiger partial charge on any atom is -0.497 e. The van der Waals surface area contributed by atoms with Gasteiger partial charge in [-0.15, -0.1) is 0 Å². The van der Waals surface area contributed by atoms with E-state index in [1.54, 1.807) is 7.11 Å². The zero-order valence-electron chi connectivity index (χ0n) is 16.2. The molecule has 1 fully saturated rings. The summed E-state index contributed by atoms with van der Waals surface area (Å²) in [6.45, 7) is 3.71. The van der Waals surface area contributed by atoms with E-state index in [-0.39, 0.29) is 17.5 Å². The summed E-state index contributed by atoms with van der Waals surface area (Å²) in [5, 5.41) is 0.772. The smallest absolute Gasteiger partial charge is 0.143 e. The van der Waals surface area contributed by atoms with Crippen LogP contribution in [0.15, 0.2) is 18.2 Å². The lowest BCUT2D eigenvalue weighted by Crippen LogP contribution is -2.27. The van der Waals surface area contributed by atoms with Crippen molar-refractivity contribution in [1.29, 1.82) is 0 Å². The average Bonchev–Trinajstić information content (AvgIpc) is 2.67. The van der Waals surface area contributed by atoms with Gasteiger partial charge < -0.3 is 4.74 Å². The normalized spacial score (nSPS) is 20.2. The van der Waals surface area contributed by atoms with E-state index in [9.17, 15) is 9.59 Å². The number of hydrogen-bond donors (Lipinski definition) is 0. The first-order valence-corrected chi connectivity index (χ1v) is 10.2. The number of hydrogen-bond acceptors (Lipinski definition) is 3. The molecule has 0 heterocycles. The molecule has 0 radical (unpaired) electrons. The number of Topliss-reactive ketones (excluding diaryl/α,β-unsaturated/α-hetero) is 2. The fraction of sp³-hybridized carbons (Fsp3) is 0.636. The Kier molecular flexibility index (Phi) is 8.15. The summed E-state index contributed by atoms with van der Waals surface area (Å²) in [7, 11) is 1.65. The number of ether oxygens (including phenoxy) is 1. The van der Waals surface area contributed by atoms with E-state index in [1.165, 1.54) is 5.56 Å². The quantitative estimate of drug-likeness (QED) is 0.520. The highest BCUT2D eigenvalue weighted by Crippen LogP contribution is 2.36. The lowest BCUT2D eigenvalue weighted by Gasteiger charge is -2.30. The lowest BCUT2D eigenvalue weighted by molar-refractivity contribution is -0.133. The maximum absolute atomic E-state index is 12.1. The molecule has 0 aromatic heterocycles. The van der Waals surface area contributed by atoms with Gasteiger partial charge in [0.1, 0.15) is 17.3 Å². The van der Waals surface area contributed by atoms with Crippen molar-refractivity contribution in [3.63, 3.8) is 0 Å². The average molecular weight is 379 g/mol. The Morgan fingerprint density at radius 1 is 1.08 bits per heavy atom. The third kappa shape index (κ3) is 5.57. The zero-order chi connectivity index (χ0) is 19.1. The Labute approximate surface area is 162 Å². The topological polar surface area (TPSA) is 43.4 Å². The Bertz CT molecular complexity index is 602. The molecule has 26 heavy (non-hydrogen) atoms.